The van der Waals surface area contributed by atoms with E-state index in [1.54, 1.807) is 6.92 Å². The third-order valence-corrected chi connectivity index (χ3v) is 1.20. The number of nitrogens with zero attached hydrogens (tertiary/aromatic N) is 2. The highest BCUT2D eigenvalue weighted by Gasteiger charge is 1.96. The Labute approximate surface area is 58.8 Å². The molecular formula is C5H10N2OS. The van der Waals surface area contributed by atoms with Crippen molar-refractivity contribution in [2.45, 2.75) is 19.6 Å². The maximum absolute atomic E-state index is 4.72. The molecule has 0 radical (unpaired) electrons. The molecule has 0 saturated heterocycles. The third-order valence-electron chi connectivity index (χ3n) is 0.684. The van der Waals surface area contributed by atoms with Crippen LogP contribution in [0.4, 0.5) is 0 Å². The lowest BCUT2D eigenvalue weighted by Crippen LogP contribution is -1.69. The average Bonchev–Trinajstić information content (AvgIpc) is 2.14. The summed E-state index contributed by atoms with van der Waals surface area (Å²) in [5, 5.41) is 4.21. The second-order valence-electron chi connectivity index (χ2n) is 1.31. The Hall–Kier alpha value is -0.510. The van der Waals surface area contributed by atoms with Crippen LogP contribution in [-0.4, -0.2) is 16.4 Å². The van der Waals surface area contributed by atoms with E-state index in [-0.39, 0.29) is 7.43 Å². The molecule has 0 atom stereocenters. The summed E-state index contributed by atoms with van der Waals surface area (Å²) in [6.07, 6.45) is 1.90. The van der Waals surface area contributed by atoms with Crippen molar-refractivity contribution in [3.63, 3.8) is 0 Å². The molecule has 0 saturated carbocycles. The minimum Gasteiger partial charge on any atom is -0.327 e. The van der Waals surface area contributed by atoms with Gasteiger partial charge in [0.05, 0.1) is 0 Å². The van der Waals surface area contributed by atoms with Crippen LogP contribution in [0.3, 0.4) is 0 Å². The van der Waals surface area contributed by atoms with E-state index in [0.29, 0.717) is 11.0 Å². The van der Waals surface area contributed by atoms with E-state index >= 15 is 0 Å². The van der Waals surface area contributed by atoms with Gasteiger partial charge in [0.1, 0.15) is 0 Å². The maximum atomic E-state index is 4.72. The summed E-state index contributed by atoms with van der Waals surface area (Å²) >= 11 is 1.45. The van der Waals surface area contributed by atoms with Gasteiger partial charge in [0.25, 0.3) is 5.22 Å². The summed E-state index contributed by atoms with van der Waals surface area (Å²) in [6.45, 7) is 1.79. The van der Waals surface area contributed by atoms with Gasteiger partial charge in [-0.05, 0) is 13.2 Å². The first kappa shape index (κ1) is 8.49. The molecule has 1 aromatic rings. The molecule has 1 rings (SSSR count). The summed E-state index contributed by atoms with van der Waals surface area (Å²) in [5.41, 5.74) is 0. The summed E-state index contributed by atoms with van der Waals surface area (Å²) in [7, 11) is 0. The predicted octanol–water partition coefficient (Wildman–Crippen LogP) is 1.74. The highest BCUT2D eigenvalue weighted by atomic mass is 32.2. The lowest BCUT2D eigenvalue weighted by molar-refractivity contribution is 0.338. The first-order valence-corrected chi connectivity index (χ1v) is 3.39. The van der Waals surface area contributed by atoms with Crippen molar-refractivity contribution in [2.75, 3.05) is 6.26 Å². The number of aryl methyl sites for hydroxylation is 1. The van der Waals surface area contributed by atoms with E-state index in [1.807, 2.05) is 6.26 Å². The smallest absolute Gasteiger partial charge is 0.285 e. The summed E-state index contributed by atoms with van der Waals surface area (Å²) in [4.78, 5) is 3.91. The van der Waals surface area contributed by atoms with Gasteiger partial charge in [0.15, 0.2) is 5.82 Å². The minimum atomic E-state index is 0. The van der Waals surface area contributed by atoms with Gasteiger partial charge in [-0.2, -0.15) is 4.98 Å². The van der Waals surface area contributed by atoms with Gasteiger partial charge < -0.3 is 4.52 Å². The zero-order chi connectivity index (χ0) is 5.98. The standard InChI is InChI=1S/C4H6N2OS.CH4/c1-3-5-4(8-2)7-6-3;/h1-2H3;1H4. The molecule has 0 fully saturated rings. The van der Waals surface area contributed by atoms with Gasteiger partial charge in [0.2, 0.25) is 0 Å². The highest BCUT2D eigenvalue weighted by Crippen LogP contribution is 2.08. The zero-order valence-electron chi connectivity index (χ0n) is 4.71. The van der Waals surface area contributed by atoms with Crippen LogP contribution in [0, 0.1) is 6.92 Å². The molecule has 52 valence electrons. The molecule has 9 heavy (non-hydrogen) atoms. The summed E-state index contributed by atoms with van der Waals surface area (Å²) in [5.74, 6) is 0.689. The molecule has 0 amide bonds. The molecular weight excluding hydrogens is 136 g/mol. The molecule has 0 unspecified atom stereocenters. The van der Waals surface area contributed by atoms with Gasteiger partial charge in [-0.15, -0.1) is 0 Å². The molecule has 1 heterocycles. The Morgan fingerprint density at radius 3 is 2.44 bits per heavy atom. The average molecular weight is 146 g/mol. The Balaban J connectivity index is 0.000000640. The lowest BCUT2D eigenvalue weighted by Gasteiger charge is -1.74. The monoisotopic (exact) mass is 146 g/mol. The Bertz CT molecular complexity index is 175. The van der Waals surface area contributed by atoms with Crippen LogP contribution >= 0.6 is 11.8 Å². The van der Waals surface area contributed by atoms with Gasteiger partial charge >= 0.3 is 0 Å². The molecule has 0 aliphatic heterocycles. The first-order chi connectivity index (χ1) is 3.83. The van der Waals surface area contributed by atoms with Crippen LogP contribution in [0.1, 0.15) is 13.3 Å². The van der Waals surface area contributed by atoms with Gasteiger partial charge in [-0.25, -0.2) is 0 Å². The fourth-order valence-electron chi connectivity index (χ4n) is 0.361. The van der Waals surface area contributed by atoms with E-state index in [0.717, 1.165) is 0 Å². The molecule has 0 spiro atoms. The van der Waals surface area contributed by atoms with Crippen LogP contribution in [0.5, 0.6) is 0 Å². The topological polar surface area (TPSA) is 38.9 Å². The van der Waals surface area contributed by atoms with Gasteiger partial charge in [0, 0.05) is 0 Å². The normalized spacial score (nSPS) is 8.67. The van der Waals surface area contributed by atoms with E-state index in [1.165, 1.54) is 11.8 Å². The fraction of sp³-hybridized carbons (Fsp3) is 0.600. The van der Waals surface area contributed by atoms with Crippen molar-refractivity contribution in [3.05, 3.63) is 5.82 Å². The van der Waals surface area contributed by atoms with Crippen molar-refractivity contribution in [2.24, 2.45) is 0 Å². The molecule has 0 aliphatic carbocycles. The second kappa shape index (κ2) is 3.50. The van der Waals surface area contributed by atoms with Crippen molar-refractivity contribution in [1.82, 2.24) is 10.1 Å². The first-order valence-electron chi connectivity index (χ1n) is 2.17. The van der Waals surface area contributed by atoms with Crippen molar-refractivity contribution in [3.8, 4) is 0 Å². The second-order valence-corrected chi connectivity index (χ2v) is 2.07. The molecule has 0 aliphatic rings. The van der Waals surface area contributed by atoms with Crippen LogP contribution in [0.2, 0.25) is 0 Å². The minimum absolute atomic E-state index is 0. The summed E-state index contributed by atoms with van der Waals surface area (Å²) < 4.78 is 4.72. The molecule has 1 aromatic heterocycles. The Kier molecular flexibility index (Phi) is 3.30. The Morgan fingerprint density at radius 2 is 2.22 bits per heavy atom. The number of rotatable bonds is 1. The summed E-state index contributed by atoms with van der Waals surface area (Å²) in [6, 6.07) is 0. The van der Waals surface area contributed by atoms with Crippen molar-refractivity contribution >= 4 is 11.8 Å². The number of hydrogen-bond acceptors (Lipinski definition) is 4. The largest absolute Gasteiger partial charge is 0.327 e. The maximum Gasteiger partial charge on any atom is 0.285 e. The number of thioether (sulfide) groups is 1. The molecule has 0 bridgehead atoms. The van der Waals surface area contributed by atoms with Gasteiger partial charge in [-0.1, -0.05) is 24.3 Å². The van der Waals surface area contributed by atoms with E-state index in [9.17, 15) is 0 Å². The lowest BCUT2D eigenvalue weighted by atomic mass is 10.8. The van der Waals surface area contributed by atoms with Crippen LogP contribution in [0.25, 0.3) is 0 Å². The number of aromatic nitrogens is 2. The molecule has 4 heteroatoms. The van der Waals surface area contributed by atoms with Crippen LogP contribution in [-0.2, 0) is 0 Å². The molecule has 0 N–H and O–H groups in total. The molecule has 3 nitrogen and oxygen atoms in total. The van der Waals surface area contributed by atoms with Gasteiger partial charge in [-0.3, -0.25) is 0 Å². The van der Waals surface area contributed by atoms with Crippen molar-refractivity contribution < 1.29 is 4.52 Å². The van der Waals surface area contributed by atoms with E-state index < -0.39 is 0 Å². The SMILES string of the molecule is C.CSc1nc(C)no1. The Morgan fingerprint density at radius 1 is 1.56 bits per heavy atom. The van der Waals surface area contributed by atoms with Crippen LogP contribution < -0.4 is 0 Å². The third kappa shape index (κ3) is 2.05. The van der Waals surface area contributed by atoms with Crippen molar-refractivity contribution in [1.29, 1.82) is 0 Å². The predicted molar refractivity (Wildman–Crippen MR) is 37.5 cm³/mol. The van der Waals surface area contributed by atoms with E-state index in [4.69, 9.17) is 4.52 Å². The number of hydrogen-bond donors (Lipinski definition) is 0. The fourth-order valence-corrected chi connectivity index (χ4v) is 0.696. The zero-order valence-corrected chi connectivity index (χ0v) is 5.53. The quantitative estimate of drug-likeness (QED) is 0.566. The van der Waals surface area contributed by atoms with Crippen LogP contribution in [0.15, 0.2) is 9.75 Å². The highest BCUT2D eigenvalue weighted by molar-refractivity contribution is 7.98. The van der Waals surface area contributed by atoms with E-state index in [2.05, 4.69) is 10.1 Å². The molecule has 0 aromatic carbocycles.